The second-order valence-electron chi connectivity index (χ2n) is 19.0. The minimum atomic E-state index is -4.84. The Labute approximate surface area is 407 Å². The number of amides is 6. The Morgan fingerprint density at radius 2 is 1.73 bits per heavy atom. The molecule has 1 saturated heterocycles. The van der Waals surface area contributed by atoms with Crippen LogP contribution in [0, 0.1) is 0 Å². The quantitative estimate of drug-likeness (QED) is 0.0493. The van der Waals surface area contributed by atoms with Crippen LogP contribution in [0.5, 0.6) is 5.75 Å². The number of carbonyl (C=O) groups is 6. The minimum absolute atomic E-state index is 0.0309. The number of rotatable bonds is 19. The molecule has 2 aromatic heterocycles. The number of nitrogens with zero attached hydrogens (tertiary/aromatic N) is 5. The van der Waals surface area contributed by atoms with E-state index in [0.29, 0.717) is 86.4 Å². The number of aromatic nitrogens is 3. The summed E-state index contributed by atoms with van der Waals surface area (Å²) < 4.78 is 50.6. The van der Waals surface area contributed by atoms with Gasteiger partial charge in [-0.2, -0.15) is 0 Å². The van der Waals surface area contributed by atoms with Crippen molar-refractivity contribution in [2.24, 2.45) is 0 Å². The van der Waals surface area contributed by atoms with E-state index in [0.717, 1.165) is 27.3 Å². The van der Waals surface area contributed by atoms with Crippen LogP contribution < -0.4 is 31.3 Å². The molecule has 71 heavy (non-hydrogen) atoms. The van der Waals surface area contributed by atoms with Crippen molar-refractivity contribution < 1.29 is 51.4 Å². The number of piperidine rings is 1. The number of fused-ring (bicyclic) bond motifs is 3. The first-order valence-electron chi connectivity index (χ1n) is 23.6. The highest BCUT2D eigenvalue weighted by molar-refractivity contribution is 6.25. The third-order valence-corrected chi connectivity index (χ3v) is 13.4. The summed E-state index contributed by atoms with van der Waals surface area (Å²) in [6.45, 7) is 9.54. The lowest BCUT2D eigenvalue weighted by atomic mass is 9.93. The second kappa shape index (κ2) is 20.2. The van der Waals surface area contributed by atoms with Crippen molar-refractivity contribution in [1.82, 2.24) is 30.1 Å². The Morgan fingerprint density at radius 3 is 2.49 bits per heavy atom. The van der Waals surface area contributed by atoms with Crippen LogP contribution in [0.2, 0.25) is 0 Å². The van der Waals surface area contributed by atoms with Crippen LogP contribution >= 0.6 is 0 Å². The lowest BCUT2D eigenvalue weighted by Crippen LogP contribution is -2.54. The van der Waals surface area contributed by atoms with Crippen LogP contribution in [-0.2, 0) is 43.3 Å². The molecule has 1 fully saturated rings. The molecule has 0 spiro atoms. The van der Waals surface area contributed by atoms with Gasteiger partial charge in [-0.3, -0.25) is 39.0 Å². The largest absolute Gasteiger partial charge is 0.573 e. The van der Waals surface area contributed by atoms with E-state index in [-0.39, 0.29) is 54.4 Å². The summed E-state index contributed by atoms with van der Waals surface area (Å²) in [5, 5.41) is 9.38. The predicted octanol–water partition coefficient (Wildman–Crippen LogP) is 6.86. The number of alkyl halides is 3. The van der Waals surface area contributed by atoms with Gasteiger partial charge in [-0.05, 0) is 112 Å². The molecule has 0 aliphatic carbocycles. The van der Waals surface area contributed by atoms with E-state index in [1.54, 1.807) is 29.2 Å². The van der Waals surface area contributed by atoms with Crippen LogP contribution in [0.4, 0.5) is 30.4 Å². The molecule has 6 amide bonds. The van der Waals surface area contributed by atoms with Gasteiger partial charge in [0, 0.05) is 67.8 Å². The van der Waals surface area contributed by atoms with Gasteiger partial charge in [-0.15, -0.1) is 13.2 Å². The first-order valence-corrected chi connectivity index (χ1v) is 23.6. The molecule has 5 aromatic rings. The van der Waals surface area contributed by atoms with Gasteiger partial charge >= 0.3 is 6.36 Å². The summed E-state index contributed by atoms with van der Waals surface area (Å²) in [7, 11) is 0. The minimum Gasteiger partial charge on any atom is -0.406 e. The van der Waals surface area contributed by atoms with E-state index in [2.05, 4.69) is 30.7 Å². The van der Waals surface area contributed by atoms with Crippen LogP contribution in [0.3, 0.4) is 0 Å². The zero-order valence-electron chi connectivity index (χ0n) is 39.9. The lowest BCUT2D eigenvalue weighted by molar-refractivity contribution is -0.274. The Kier molecular flexibility index (Phi) is 14.2. The number of ether oxygens (including phenoxy) is 2. The third-order valence-electron chi connectivity index (χ3n) is 13.4. The van der Waals surface area contributed by atoms with Crippen molar-refractivity contribution in [3.05, 3.63) is 95.4 Å². The summed E-state index contributed by atoms with van der Waals surface area (Å²) in [5.74, 6) is -2.72. The van der Waals surface area contributed by atoms with E-state index >= 15 is 0 Å². The van der Waals surface area contributed by atoms with Gasteiger partial charge in [0.25, 0.3) is 11.8 Å². The van der Waals surface area contributed by atoms with Crippen molar-refractivity contribution >= 4 is 63.7 Å². The third kappa shape index (κ3) is 11.2. The number of carbonyl (C=O) groups excluding carboxylic acids is 6. The smallest absolute Gasteiger partial charge is 0.406 e. The van der Waals surface area contributed by atoms with Gasteiger partial charge < -0.3 is 35.3 Å². The van der Waals surface area contributed by atoms with E-state index in [9.17, 15) is 41.9 Å². The zero-order valence-corrected chi connectivity index (χ0v) is 39.9. The lowest BCUT2D eigenvalue weighted by Gasteiger charge is -2.34. The first-order chi connectivity index (χ1) is 33.7. The molecule has 0 bridgehead atoms. The summed E-state index contributed by atoms with van der Waals surface area (Å²) in [6.07, 6.45) is 1.56. The molecular weight excluding hydrogens is 924 g/mol. The predicted molar refractivity (Wildman–Crippen MR) is 257 cm³/mol. The molecule has 8 rings (SSSR count). The molecule has 20 heteroatoms. The van der Waals surface area contributed by atoms with Crippen molar-refractivity contribution in [1.29, 1.82) is 0 Å². The number of nitrogens with two attached hydrogens (primary N) is 1. The average Bonchev–Trinajstić information content (AvgIpc) is 3.99. The fourth-order valence-electron chi connectivity index (χ4n) is 9.36. The van der Waals surface area contributed by atoms with Crippen LogP contribution in [0.15, 0.2) is 73.2 Å². The molecule has 3 aliphatic heterocycles. The number of halogens is 3. The van der Waals surface area contributed by atoms with Gasteiger partial charge in [-0.1, -0.05) is 31.2 Å². The Bertz CT molecular complexity index is 2920. The van der Waals surface area contributed by atoms with Gasteiger partial charge in [0.05, 0.1) is 28.5 Å². The molecular formula is C51H56F3N9O8. The molecule has 17 nitrogen and oxygen atoms in total. The fourth-order valence-corrected chi connectivity index (χ4v) is 9.36. The maximum atomic E-state index is 13.7. The Hall–Kier alpha value is -7.35. The SMILES string of the molecule is CCC(C)(CCOC(C)(C)CCC(=O)NCCCn1cc(-c2ccc3c(c2)CCN3C(=O)Cc2cccc(OC(F)(F)F)c2)c2c(N)ncnc21)Nc1cccc2c1C(=O)N(C1CCC(=O)NC1=O)C2=O. The Balaban J connectivity index is 0.813. The summed E-state index contributed by atoms with van der Waals surface area (Å²) in [6, 6.07) is 15.1. The highest BCUT2D eigenvalue weighted by atomic mass is 19.4. The molecule has 0 radical (unpaired) electrons. The topological polar surface area (TPSA) is 220 Å². The van der Waals surface area contributed by atoms with Crippen LogP contribution in [-0.4, -0.2) is 98.1 Å². The summed E-state index contributed by atoms with van der Waals surface area (Å²) in [5.41, 5.74) is 10.4. The number of nitrogen functional groups attached to an aromatic ring is 1. The van der Waals surface area contributed by atoms with Gasteiger partial charge in [0.15, 0.2) is 0 Å². The zero-order chi connectivity index (χ0) is 50.8. The molecule has 2 atom stereocenters. The standard InChI is InChI=1S/C51H56F3N9O8/c1-5-50(4,60-36-12-7-11-34-42(36)48(69)63(47(34)68)38-15-16-40(65)59-46(38)67)20-24-70-49(2,3)19-17-39(64)56-21-8-22-61-28-35(43-44(55)57-29-58-45(43)61)31-13-14-37-32(27-31)18-23-62(37)41(66)26-30-9-6-10-33(25-30)71-51(52,53)54/h6-7,9-14,25,27-29,38,60H,5,8,15-24,26H2,1-4H3,(H,56,64)(H2,55,57,58)(H,59,65,67). The molecule has 374 valence electrons. The van der Waals surface area contributed by atoms with E-state index < -0.39 is 47.2 Å². The highest BCUT2D eigenvalue weighted by Crippen LogP contribution is 2.39. The monoisotopic (exact) mass is 979 g/mol. The number of anilines is 3. The molecule has 3 aliphatic rings. The molecule has 2 unspecified atom stereocenters. The number of nitrogens with one attached hydrogen (secondary N) is 3. The summed E-state index contributed by atoms with van der Waals surface area (Å²) in [4.78, 5) is 89.2. The van der Waals surface area contributed by atoms with E-state index in [1.165, 1.54) is 24.5 Å². The van der Waals surface area contributed by atoms with Crippen LogP contribution in [0.1, 0.15) is 104 Å². The highest BCUT2D eigenvalue weighted by Gasteiger charge is 2.46. The van der Waals surface area contributed by atoms with Gasteiger partial charge in [0.2, 0.25) is 23.6 Å². The van der Waals surface area contributed by atoms with Gasteiger partial charge in [-0.25, -0.2) is 9.97 Å². The fraction of sp³-hybridized carbons (Fsp3) is 0.412. The number of hydrogen-bond acceptors (Lipinski definition) is 12. The number of aryl methyl sites for hydroxylation is 1. The summed E-state index contributed by atoms with van der Waals surface area (Å²) >= 11 is 0. The van der Waals surface area contributed by atoms with E-state index in [4.69, 9.17) is 10.5 Å². The second-order valence-corrected chi connectivity index (χ2v) is 19.0. The van der Waals surface area contributed by atoms with Crippen molar-refractivity contribution in [3.63, 3.8) is 0 Å². The Morgan fingerprint density at radius 1 is 0.944 bits per heavy atom. The molecule has 3 aromatic carbocycles. The normalized spacial score (nSPS) is 16.7. The van der Waals surface area contributed by atoms with Crippen molar-refractivity contribution in [2.75, 3.05) is 35.6 Å². The maximum Gasteiger partial charge on any atom is 0.573 e. The maximum absolute atomic E-state index is 13.7. The van der Waals surface area contributed by atoms with E-state index in [1.807, 2.05) is 56.7 Å². The number of hydrogen-bond donors (Lipinski definition) is 4. The van der Waals surface area contributed by atoms with Crippen LogP contribution in [0.25, 0.3) is 22.2 Å². The first kappa shape index (κ1) is 50.1. The average molecular weight is 980 g/mol. The molecule has 5 heterocycles. The van der Waals surface area contributed by atoms with Crippen molar-refractivity contribution in [3.8, 4) is 16.9 Å². The van der Waals surface area contributed by atoms with Gasteiger partial charge in [0.1, 0.15) is 29.6 Å². The molecule has 5 N–H and O–H groups in total. The molecule has 0 saturated carbocycles. The number of imide groups is 2. The number of benzene rings is 3. The van der Waals surface area contributed by atoms with Crippen molar-refractivity contribution in [2.45, 2.75) is 116 Å².